The first-order valence-corrected chi connectivity index (χ1v) is 7.05. The van der Waals surface area contributed by atoms with Crippen LogP contribution in [0.3, 0.4) is 0 Å². The molecule has 1 heterocycles. The minimum Gasteiger partial charge on any atom is -0.465 e. The number of aliphatic hydroxyl groups is 1. The van der Waals surface area contributed by atoms with Gasteiger partial charge in [-0.15, -0.1) is 0 Å². The summed E-state index contributed by atoms with van der Waals surface area (Å²) in [5.41, 5.74) is 1.73. The maximum absolute atomic E-state index is 11.4. The van der Waals surface area contributed by atoms with Gasteiger partial charge in [-0.1, -0.05) is 23.7 Å². The van der Waals surface area contributed by atoms with E-state index in [0.29, 0.717) is 28.8 Å². The SMILES string of the molecule is CCN(CO)c1ncc(Cl)c(-c2ccc(C(=O)OC)cc2)n1. The molecule has 0 unspecified atom stereocenters. The maximum Gasteiger partial charge on any atom is 0.337 e. The third-order valence-electron chi connectivity index (χ3n) is 3.15. The molecule has 6 nitrogen and oxygen atoms in total. The number of rotatable bonds is 5. The van der Waals surface area contributed by atoms with Gasteiger partial charge in [-0.3, -0.25) is 0 Å². The van der Waals surface area contributed by atoms with Crippen LogP contribution in [-0.4, -0.2) is 41.4 Å². The van der Waals surface area contributed by atoms with Crippen LogP contribution in [0.4, 0.5) is 5.95 Å². The zero-order valence-corrected chi connectivity index (χ0v) is 13.0. The van der Waals surface area contributed by atoms with Crippen molar-refractivity contribution in [3.63, 3.8) is 0 Å². The van der Waals surface area contributed by atoms with E-state index in [0.717, 1.165) is 5.56 Å². The molecular weight excluding hydrogens is 306 g/mol. The number of nitrogens with zero attached hydrogens (tertiary/aromatic N) is 3. The highest BCUT2D eigenvalue weighted by molar-refractivity contribution is 6.32. The predicted molar refractivity (Wildman–Crippen MR) is 83.9 cm³/mol. The molecule has 0 saturated carbocycles. The van der Waals surface area contributed by atoms with Crippen molar-refractivity contribution in [1.29, 1.82) is 0 Å². The van der Waals surface area contributed by atoms with Gasteiger partial charge in [0.05, 0.1) is 29.6 Å². The highest BCUT2D eigenvalue weighted by Crippen LogP contribution is 2.27. The van der Waals surface area contributed by atoms with Crippen LogP contribution in [0.15, 0.2) is 30.5 Å². The molecule has 0 saturated heterocycles. The van der Waals surface area contributed by atoms with Crippen molar-refractivity contribution in [2.24, 2.45) is 0 Å². The number of ether oxygens (including phenoxy) is 1. The van der Waals surface area contributed by atoms with Crippen LogP contribution >= 0.6 is 11.6 Å². The van der Waals surface area contributed by atoms with E-state index in [1.54, 1.807) is 29.2 Å². The normalized spacial score (nSPS) is 10.4. The Morgan fingerprint density at radius 3 is 2.59 bits per heavy atom. The first-order valence-electron chi connectivity index (χ1n) is 6.67. The average molecular weight is 322 g/mol. The average Bonchev–Trinajstić information content (AvgIpc) is 2.57. The molecule has 116 valence electrons. The molecule has 22 heavy (non-hydrogen) atoms. The molecule has 1 N–H and O–H groups in total. The van der Waals surface area contributed by atoms with E-state index in [2.05, 4.69) is 14.7 Å². The van der Waals surface area contributed by atoms with Gasteiger partial charge in [0.15, 0.2) is 0 Å². The van der Waals surface area contributed by atoms with Gasteiger partial charge in [0.2, 0.25) is 5.95 Å². The maximum atomic E-state index is 11.4. The van der Waals surface area contributed by atoms with E-state index in [1.165, 1.54) is 13.3 Å². The first-order chi connectivity index (χ1) is 10.6. The summed E-state index contributed by atoms with van der Waals surface area (Å²) >= 11 is 6.15. The van der Waals surface area contributed by atoms with Crippen molar-refractivity contribution in [3.05, 3.63) is 41.0 Å². The highest BCUT2D eigenvalue weighted by atomic mass is 35.5. The van der Waals surface area contributed by atoms with Crippen LogP contribution in [0.5, 0.6) is 0 Å². The third kappa shape index (κ3) is 3.35. The van der Waals surface area contributed by atoms with Crippen molar-refractivity contribution in [3.8, 4) is 11.3 Å². The van der Waals surface area contributed by atoms with Crippen LogP contribution in [0.25, 0.3) is 11.3 Å². The lowest BCUT2D eigenvalue weighted by atomic mass is 10.1. The Morgan fingerprint density at radius 1 is 1.36 bits per heavy atom. The minimum absolute atomic E-state index is 0.182. The molecule has 2 aromatic rings. The number of hydrogen-bond donors (Lipinski definition) is 1. The van der Waals surface area contributed by atoms with Crippen molar-refractivity contribution in [2.45, 2.75) is 6.92 Å². The number of benzene rings is 1. The number of methoxy groups -OCH3 is 1. The molecular formula is C15H16ClN3O3. The summed E-state index contributed by atoms with van der Waals surface area (Å²) in [6.45, 7) is 2.27. The molecule has 0 aliphatic carbocycles. The molecule has 0 aliphatic rings. The van der Waals surface area contributed by atoms with Gasteiger partial charge in [-0.25, -0.2) is 14.8 Å². The molecule has 0 bridgehead atoms. The molecule has 0 atom stereocenters. The monoisotopic (exact) mass is 321 g/mol. The van der Waals surface area contributed by atoms with Crippen LogP contribution in [-0.2, 0) is 4.74 Å². The molecule has 1 aromatic carbocycles. The number of carbonyl (C=O) groups excluding carboxylic acids is 1. The second kappa shape index (κ2) is 7.20. The summed E-state index contributed by atoms with van der Waals surface area (Å²) in [7, 11) is 1.33. The van der Waals surface area contributed by atoms with E-state index in [9.17, 15) is 9.90 Å². The second-order valence-electron chi connectivity index (χ2n) is 4.43. The molecule has 0 spiro atoms. The van der Waals surface area contributed by atoms with Gasteiger partial charge in [0.25, 0.3) is 0 Å². The number of anilines is 1. The van der Waals surface area contributed by atoms with Gasteiger partial charge < -0.3 is 14.7 Å². The molecule has 2 rings (SSSR count). The fourth-order valence-electron chi connectivity index (χ4n) is 1.90. The van der Waals surface area contributed by atoms with Gasteiger partial charge in [0.1, 0.15) is 6.73 Å². The Morgan fingerprint density at radius 2 is 2.05 bits per heavy atom. The number of hydrogen-bond acceptors (Lipinski definition) is 6. The molecule has 7 heteroatoms. The Bertz CT molecular complexity index is 658. The summed E-state index contributed by atoms with van der Waals surface area (Å²) in [5.74, 6) is -0.0140. The second-order valence-corrected chi connectivity index (χ2v) is 4.84. The Kier molecular flexibility index (Phi) is 5.30. The smallest absolute Gasteiger partial charge is 0.337 e. The predicted octanol–water partition coefficient (Wildman–Crippen LogP) is 2.36. The molecule has 0 aliphatic heterocycles. The van der Waals surface area contributed by atoms with Crippen molar-refractivity contribution >= 4 is 23.5 Å². The van der Waals surface area contributed by atoms with E-state index < -0.39 is 5.97 Å². The molecule has 0 amide bonds. The first kappa shape index (κ1) is 16.2. The van der Waals surface area contributed by atoms with E-state index >= 15 is 0 Å². The Labute approximate surface area is 133 Å². The molecule has 0 radical (unpaired) electrons. The van der Waals surface area contributed by atoms with Crippen molar-refractivity contribution in [2.75, 3.05) is 25.3 Å². The quantitative estimate of drug-likeness (QED) is 0.673. The van der Waals surface area contributed by atoms with Crippen molar-refractivity contribution in [1.82, 2.24) is 9.97 Å². The van der Waals surface area contributed by atoms with Gasteiger partial charge in [0, 0.05) is 12.1 Å². The number of aromatic nitrogens is 2. The van der Waals surface area contributed by atoms with E-state index in [4.69, 9.17) is 11.6 Å². The molecule has 0 fully saturated rings. The number of halogens is 1. The summed E-state index contributed by atoms with van der Waals surface area (Å²) in [6.07, 6.45) is 1.49. The van der Waals surface area contributed by atoms with Crippen LogP contribution in [0.2, 0.25) is 5.02 Å². The Hall–Kier alpha value is -2.18. The van der Waals surface area contributed by atoms with E-state index in [1.807, 2.05) is 6.92 Å². The van der Waals surface area contributed by atoms with Crippen LogP contribution < -0.4 is 4.90 Å². The fraction of sp³-hybridized carbons (Fsp3) is 0.267. The van der Waals surface area contributed by atoms with Gasteiger partial charge >= 0.3 is 5.97 Å². The lowest BCUT2D eigenvalue weighted by Gasteiger charge is -2.18. The highest BCUT2D eigenvalue weighted by Gasteiger charge is 2.13. The summed E-state index contributed by atoms with van der Waals surface area (Å²) in [5, 5.41) is 9.69. The summed E-state index contributed by atoms with van der Waals surface area (Å²) < 4.78 is 4.66. The lowest BCUT2D eigenvalue weighted by molar-refractivity contribution is 0.0601. The number of aliphatic hydroxyl groups excluding tert-OH is 1. The Balaban J connectivity index is 2.39. The van der Waals surface area contributed by atoms with Gasteiger partial charge in [-0.05, 0) is 19.1 Å². The van der Waals surface area contributed by atoms with E-state index in [-0.39, 0.29) is 6.73 Å². The minimum atomic E-state index is -0.404. The zero-order valence-electron chi connectivity index (χ0n) is 12.3. The van der Waals surface area contributed by atoms with Crippen molar-refractivity contribution < 1.29 is 14.6 Å². The fourth-order valence-corrected chi connectivity index (χ4v) is 2.10. The largest absolute Gasteiger partial charge is 0.465 e. The standard InChI is InChI=1S/C15H16ClN3O3/c1-3-19(9-20)15-17-8-12(16)13(18-15)10-4-6-11(7-5-10)14(21)22-2/h4-8,20H,3,9H2,1-2H3. The van der Waals surface area contributed by atoms with Gasteiger partial charge in [-0.2, -0.15) is 0 Å². The molecule has 1 aromatic heterocycles. The summed E-state index contributed by atoms with van der Waals surface area (Å²) in [6, 6.07) is 6.75. The topological polar surface area (TPSA) is 75.5 Å². The van der Waals surface area contributed by atoms with Crippen LogP contribution in [0, 0.1) is 0 Å². The summed E-state index contributed by atoms with van der Waals surface area (Å²) in [4.78, 5) is 21.5. The third-order valence-corrected chi connectivity index (χ3v) is 3.42. The number of esters is 1. The van der Waals surface area contributed by atoms with Crippen LogP contribution in [0.1, 0.15) is 17.3 Å². The number of carbonyl (C=O) groups is 1. The lowest BCUT2D eigenvalue weighted by Crippen LogP contribution is -2.25. The zero-order chi connectivity index (χ0) is 16.1.